The fraction of sp³-hybridized carbons (Fsp3) is 0.417. The van der Waals surface area contributed by atoms with Crippen LogP contribution in [0.25, 0.3) is 0 Å². The van der Waals surface area contributed by atoms with E-state index < -0.39 is 18.5 Å². The molecule has 0 aliphatic heterocycles. The number of amides is 1. The first-order chi connectivity index (χ1) is 8.81. The van der Waals surface area contributed by atoms with E-state index in [2.05, 4.69) is 11.8 Å². The summed E-state index contributed by atoms with van der Waals surface area (Å²) in [6.07, 6.45) is -5.91. The minimum Gasteiger partial charge on any atom is -0.340 e. The largest absolute Gasteiger partial charge is 0.397 e. The highest BCUT2D eigenvalue weighted by atomic mass is 32.1. The number of nitrogens with zero attached hydrogens (tertiary/aromatic N) is 1. The summed E-state index contributed by atoms with van der Waals surface area (Å²) in [6.45, 7) is 0.388. The van der Waals surface area contributed by atoms with Crippen LogP contribution in [0.3, 0.4) is 0 Å². The molecule has 3 nitrogen and oxygen atoms in total. The number of nitrogens with two attached hydrogens (primary N) is 1. The van der Waals surface area contributed by atoms with Gasteiger partial charge in [-0.25, -0.2) is 0 Å². The quantitative estimate of drug-likeness (QED) is 0.865. The number of alkyl halides is 3. The van der Waals surface area contributed by atoms with Gasteiger partial charge in [-0.2, -0.15) is 13.2 Å². The zero-order valence-corrected chi connectivity index (χ0v) is 11.1. The van der Waals surface area contributed by atoms with Gasteiger partial charge in [-0.15, -0.1) is 11.3 Å². The Morgan fingerprint density at radius 1 is 1.53 bits per heavy atom. The molecule has 19 heavy (non-hydrogen) atoms. The second-order valence-electron chi connectivity index (χ2n) is 3.85. The Kier molecular flexibility index (Phi) is 5.39. The molecule has 0 aromatic carbocycles. The van der Waals surface area contributed by atoms with E-state index in [1.54, 1.807) is 11.4 Å². The number of thiophene rings is 1. The second-order valence-corrected chi connectivity index (χ2v) is 4.85. The topological polar surface area (TPSA) is 46.3 Å². The maximum Gasteiger partial charge on any atom is 0.397 e. The van der Waals surface area contributed by atoms with Gasteiger partial charge in [-0.05, 0) is 6.07 Å². The molecule has 1 heterocycles. The van der Waals surface area contributed by atoms with Gasteiger partial charge in [0.15, 0.2) is 0 Å². The fourth-order valence-corrected chi connectivity index (χ4v) is 2.18. The SMILES string of the molecule is CN(Cc1cc(C#CCN)cs1)C(=O)CC(F)(F)F. The van der Waals surface area contributed by atoms with Crippen LogP contribution in [0.15, 0.2) is 11.4 Å². The van der Waals surface area contributed by atoms with E-state index in [4.69, 9.17) is 5.73 Å². The summed E-state index contributed by atoms with van der Waals surface area (Å²) in [5.41, 5.74) is 5.98. The van der Waals surface area contributed by atoms with Crippen molar-refractivity contribution in [3.8, 4) is 11.8 Å². The van der Waals surface area contributed by atoms with Gasteiger partial charge >= 0.3 is 6.18 Å². The lowest BCUT2D eigenvalue weighted by Crippen LogP contribution is -2.30. The maximum absolute atomic E-state index is 12.1. The third kappa shape index (κ3) is 5.77. The molecule has 1 aromatic heterocycles. The first-order valence-corrected chi connectivity index (χ1v) is 6.27. The average Bonchev–Trinajstić information content (AvgIpc) is 2.71. The van der Waals surface area contributed by atoms with Crippen LogP contribution in [0, 0.1) is 11.8 Å². The van der Waals surface area contributed by atoms with E-state index in [-0.39, 0.29) is 13.1 Å². The van der Waals surface area contributed by atoms with Crippen LogP contribution in [0.1, 0.15) is 16.9 Å². The summed E-state index contributed by atoms with van der Waals surface area (Å²) in [5.74, 6) is 4.55. The van der Waals surface area contributed by atoms with Crippen molar-refractivity contribution in [1.29, 1.82) is 0 Å². The lowest BCUT2D eigenvalue weighted by molar-refractivity contribution is -0.160. The molecule has 0 bridgehead atoms. The molecule has 0 unspecified atom stereocenters. The Morgan fingerprint density at radius 3 is 2.79 bits per heavy atom. The number of carbonyl (C=O) groups is 1. The second kappa shape index (κ2) is 6.59. The highest BCUT2D eigenvalue weighted by Crippen LogP contribution is 2.22. The number of hydrogen-bond acceptors (Lipinski definition) is 3. The van der Waals surface area contributed by atoms with Crippen LogP contribution in [0.2, 0.25) is 0 Å². The minimum atomic E-state index is -4.47. The standard InChI is InChI=1S/C12H13F3N2OS/c1-17(11(18)6-12(13,14)15)7-10-5-9(8-19-10)3-2-4-16/h5,8H,4,6-7,16H2,1H3. The Hall–Kier alpha value is -1.52. The van der Waals surface area contributed by atoms with E-state index in [0.29, 0.717) is 0 Å². The number of rotatable bonds is 3. The van der Waals surface area contributed by atoms with E-state index in [0.717, 1.165) is 15.3 Å². The first kappa shape index (κ1) is 15.5. The Morgan fingerprint density at radius 2 is 2.21 bits per heavy atom. The molecule has 0 atom stereocenters. The molecular weight excluding hydrogens is 277 g/mol. The van der Waals surface area contributed by atoms with Crippen molar-refractivity contribution < 1.29 is 18.0 Å². The zero-order valence-electron chi connectivity index (χ0n) is 10.3. The molecule has 2 N–H and O–H groups in total. The van der Waals surface area contributed by atoms with Crippen LogP contribution in [-0.2, 0) is 11.3 Å². The normalized spacial score (nSPS) is 10.8. The van der Waals surface area contributed by atoms with Gasteiger partial charge in [0.05, 0.1) is 13.1 Å². The van der Waals surface area contributed by atoms with Crippen molar-refractivity contribution in [2.75, 3.05) is 13.6 Å². The molecular formula is C12H13F3N2OS. The van der Waals surface area contributed by atoms with E-state index in [1.807, 2.05) is 0 Å². The van der Waals surface area contributed by atoms with E-state index in [1.165, 1.54) is 18.4 Å². The first-order valence-electron chi connectivity index (χ1n) is 5.39. The fourth-order valence-electron chi connectivity index (χ4n) is 1.31. The molecule has 0 radical (unpaired) electrons. The summed E-state index contributed by atoms with van der Waals surface area (Å²) in [4.78, 5) is 13.1. The molecule has 104 valence electrons. The summed E-state index contributed by atoms with van der Waals surface area (Å²) in [7, 11) is 1.35. The third-order valence-electron chi connectivity index (χ3n) is 2.16. The highest BCUT2D eigenvalue weighted by Gasteiger charge is 2.32. The van der Waals surface area contributed by atoms with Crippen LogP contribution in [-0.4, -0.2) is 30.6 Å². The van der Waals surface area contributed by atoms with Gasteiger partial charge in [0.2, 0.25) is 5.91 Å². The van der Waals surface area contributed by atoms with Crippen molar-refractivity contribution >= 4 is 17.2 Å². The Bertz CT molecular complexity index is 499. The lowest BCUT2D eigenvalue weighted by Gasteiger charge is -2.17. The molecule has 0 fully saturated rings. The van der Waals surface area contributed by atoms with Gasteiger partial charge < -0.3 is 10.6 Å². The number of halogens is 3. The predicted octanol–water partition coefficient (Wildman–Crippen LogP) is 1.97. The highest BCUT2D eigenvalue weighted by molar-refractivity contribution is 7.10. The molecule has 1 amide bonds. The summed E-state index contributed by atoms with van der Waals surface area (Å²) >= 11 is 1.35. The average molecular weight is 290 g/mol. The maximum atomic E-state index is 12.1. The van der Waals surface area contributed by atoms with Crippen molar-refractivity contribution in [2.24, 2.45) is 5.73 Å². The number of carbonyl (C=O) groups excluding carboxylic acids is 1. The molecule has 1 aromatic rings. The molecule has 0 aliphatic rings. The van der Waals surface area contributed by atoms with E-state index in [9.17, 15) is 18.0 Å². The van der Waals surface area contributed by atoms with Crippen molar-refractivity contribution in [2.45, 2.75) is 19.1 Å². The monoisotopic (exact) mass is 290 g/mol. The van der Waals surface area contributed by atoms with Crippen LogP contribution in [0.4, 0.5) is 13.2 Å². The van der Waals surface area contributed by atoms with Gasteiger partial charge in [0.1, 0.15) is 6.42 Å². The van der Waals surface area contributed by atoms with Gasteiger partial charge in [-0.1, -0.05) is 11.8 Å². The van der Waals surface area contributed by atoms with E-state index >= 15 is 0 Å². The Balaban J connectivity index is 2.59. The zero-order chi connectivity index (χ0) is 14.5. The van der Waals surface area contributed by atoms with Crippen LogP contribution in [0.5, 0.6) is 0 Å². The summed E-state index contributed by atoms with van der Waals surface area (Å²) in [6, 6.07) is 1.74. The summed E-state index contributed by atoms with van der Waals surface area (Å²) in [5, 5.41) is 1.78. The molecule has 1 rings (SSSR count). The van der Waals surface area contributed by atoms with Crippen LogP contribution < -0.4 is 5.73 Å². The summed E-state index contributed by atoms with van der Waals surface area (Å²) < 4.78 is 36.2. The molecule has 0 saturated carbocycles. The molecule has 0 saturated heterocycles. The van der Waals surface area contributed by atoms with Gasteiger partial charge in [0.25, 0.3) is 0 Å². The van der Waals surface area contributed by atoms with Gasteiger partial charge in [0, 0.05) is 22.9 Å². The van der Waals surface area contributed by atoms with Crippen molar-refractivity contribution in [3.05, 3.63) is 21.9 Å². The minimum absolute atomic E-state index is 0.143. The van der Waals surface area contributed by atoms with Crippen molar-refractivity contribution in [3.63, 3.8) is 0 Å². The smallest absolute Gasteiger partial charge is 0.340 e. The lowest BCUT2D eigenvalue weighted by atomic mass is 10.3. The molecule has 0 aliphatic carbocycles. The number of hydrogen-bond donors (Lipinski definition) is 1. The molecule has 0 spiro atoms. The third-order valence-corrected chi connectivity index (χ3v) is 3.08. The van der Waals surface area contributed by atoms with Crippen LogP contribution >= 0.6 is 11.3 Å². The Labute approximate surface area is 113 Å². The van der Waals surface area contributed by atoms with Crippen molar-refractivity contribution in [1.82, 2.24) is 4.90 Å². The molecule has 7 heteroatoms. The predicted molar refractivity (Wildman–Crippen MR) is 67.4 cm³/mol. The van der Waals surface area contributed by atoms with Gasteiger partial charge in [-0.3, -0.25) is 4.79 Å².